The van der Waals surface area contributed by atoms with Gasteiger partial charge in [0.05, 0.1) is 5.69 Å². The van der Waals surface area contributed by atoms with Crippen molar-refractivity contribution in [3.8, 4) is 0 Å². The van der Waals surface area contributed by atoms with E-state index in [4.69, 9.17) is 14.2 Å². The Bertz CT molecular complexity index is 1110. The number of anilines is 1. The van der Waals surface area contributed by atoms with Crippen molar-refractivity contribution in [1.82, 2.24) is 14.8 Å². The van der Waals surface area contributed by atoms with Crippen LogP contribution in [0.4, 0.5) is 28.4 Å². The number of alkyl halides is 3. The largest absolute Gasteiger partial charge is 0.509 e. The van der Waals surface area contributed by atoms with Crippen LogP contribution in [0, 0.1) is 0 Å². The topological polar surface area (TPSA) is 95.8 Å². The molecule has 9 nitrogen and oxygen atoms in total. The Morgan fingerprint density at radius 1 is 1.03 bits per heavy atom. The van der Waals surface area contributed by atoms with Gasteiger partial charge in [-0.1, -0.05) is 0 Å². The molecular formula is C22H28BrF3N4O5. The molecule has 2 aromatic rings. The Balaban J connectivity index is 1.95. The van der Waals surface area contributed by atoms with E-state index in [9.17, 15) is 22.8 Å². The predicted molar refractivity (Wildman–Crippen MR) is 124 cm³/mol. The Morgan fingerprint density at radius 2 is 1.60 bits per heavy atom. The number of fused-ring (bicyclic) bond motifs is 1. The molecule has 13 heteroatoms. The summed E-state index contributed by atoms with van der Waals surface area (Å²) in [6.45, 7) is 10.7. The van der Waals surface area contributed by atoms with E-state index in [1.807, 2.05) is 0 Å². The molecule has 0 aliphatic carbocycles. The zero-order valence-electron chi connectivity index (χ0n) is 20.3. The van der Waals surface area contributed by atoms with Crippen LogP contribution < -0.4 is 4.90 Å². The second kappa shape index (κ2) is 9.47. The summed E-state index contributed by atoms with van der Waals surface area (Å²) < 4.78 is 57.7. The Kier molecular flexibility index (Phi) is 7.31. The van der Waals surface area contributed by atoms with Crippen LogP contribution in [0.15, 0.2) is 10.7 Å². The van der Waals surface area contributed by atoms with Gasteiger partial charge in [0.2, 0.25) is 0 Å². The number of carbonyl (C=O) groups is 2. The zero-order valence-corrected chi connectivity index (χ0v) is 21.9. The van der Waals surface area contributed by atoms with Crippen LogP contribution in [-0.2, 0) is 20.4 Å². The number of aromatic nitrogens is 3. The molecule has 0 unspecified atom stereocenters. The summed E-state index contributed by atoms with van der Waals surface area (Å²) >= 11 is 3.13. The van der Waals surface area contributed by atoms with Gasteiger partial charge >= 0.3 is 18.4 Å². The van der Waals surface area contributed by atoms with E-state index in [-0.39, 0.29) is 34.4 Å². The number of nitrogens with zero attached hydrogens (tertiary/aromatic N) is 4. The lowest BCUT2D eigenvalue weighted by Gasteiger charge is -2.34. The highest BCUT2D eigenvalue weighted by Crippen LogP contribution is 2.38. The molecule has 3 heterocycles. The molecule has 0 saturated carbocycles. The molecular weight excluding hydrogens is 537 g/mol. The molecule has 0 spiro atoms. The SMILES string of the molecule is CC(C)(C)OC(=O)OC1CCN(c2cc(C(F)(F)F)nc3c(Br)nn(C(=O)OC(C)(C)C)c23)CC1. The van der Waals surface area contributed by atoms with Gasteiger partial charge in [0.1, 0.15) is 34.0 Å². The summed E-state index contributed by atoms with van der Waals surface area (Å²) in [4.78, 5) is 30.2. The second-order valence-electron chi connectivity index (χ2n) is 10.2. The number of hydrogen-bond acceptors (Lipinski definition) is 8. The molecule has 194 valence electrons. The molecule has 1 aliphatic rings. The summed E-state index contributed by atoms with van der Waals surface area (Å²) in [7, 11) is 0. The Labute approximate surface area is 209 Å². The molecule has 0 N–H and O–H groups in total. The van der Waals surface area contributed by atoms with Gasteiger partial charge in [0, 0.05) is 25.9 Å². The van der Waals surface area contributed by atoms with Crippen molar-refractivity contribution in [3.05, 3.63) is 16.4 Å². The first-order valence-corrected chi connectivity index (χ1v) is 11.8. The molecule has 1 fully saturated rings. The van der Waals surface area contributed by atoms with E-state index < -0.39 is 41.4 Å². The van der Waals surface area contributed by atoms with Crippen LogP contribution in [0.5, 0.6) is 0 Å². The molecule has 3 rings (SSSR count). The van der Waals surface area contributed by atoms with Crippen LogP contribution in [0.3, 0.4) is 0 Å². The average Bonchev–Trinajstić information content (AvgIpc) is 3.01. The molecule has 2 aromatic heterocycles. The molecule has 0 radical (unpaired) electrons. The minimum absolute atomic E-state index is 0.0196. The van der Waals surface area contributed by atoms with Gasteiger partial charge in [0.15, 0.2) is 4.60 Å². The fraction of sp³-hybridized carbons (Fsp3) is 0.636. The van der Waals surface area contributed by atoms with Gasteiger partial charge in [-0.2, -0.15) is 23.0 Å². The quantitative estimate of drug-likeness (QED) is 0.415. The van der Waals surface area contributed by atoms with Crippen LogP contribution in [0.25, 0.3) is 11.0 Å². The lowest BCUT2D eigenvalue weighted by Crippen LogP contribution is -2.39. The lowest BCUT2D eigenvalue weighted by molar-refractivity contribution is -0.140. The molecule has 1 saturated heterocycles. The minimum atomic E-state index is -4.71. The van der Waals surface area contributed by atoms with Crippen LogP contribution in [0.1, 0.15) is 60.1 Å². The van der Waals surface area contributed by atoms with Crippen LogP contribution >= 0.6 is 15.9 Å². The average molecular weight is 565 g/mol. The fourth-order valence-electron chi connectivity index (χ4n) is 3.51. The van der Waals surface area contributed by atoms with Crippen molar-refractivity contribution in [1.29, 1.82) is 0 Å². The number of ether oxygens (including phenoxy) is 3. The van der Waals surface area contributed by atoms with Crippen molar-refractivity contribution >= 4 is 44.9 Å². The summed E-state index contributed by atoms with van der Waals surface area (Å²) in [6.07, 6.45) is -6.11. The van der Waals surface area contributed by atoms with Gasteiger partial charge in [-0.3, -0.25) is 0 Å². The third-order valence-corrected chi connectivity index (χ3v) is 5.39. The number of pyridine rings is 1. The van der Waals surface area contributed by atoms with Gasteiger partial charge < -0.3 is 19.1 Å². The first kappa shape index (κ1) is 27.0. The maximum Gasteiger partial charge on any atom is 0.509 e. The molecule has 35 heavy (non-hydrogen) atoms. The summed E-state index contributed by atoms with van der Waals surface area (Å²) in [5.41, 5.74) is -2.57. The van der Waals surface area contributed by atoms with E-state index in [0.717, 1.165) is 10.7 Å². The normalized spacial score (nSPS) is 15.9. The van der Waals surface area contributed by atoms with Crippen molar-refractivity contribution in [2.45, 2.75) is 77.9 Å². The minimum Gasteiger partial charge on any atom is -0.442 e. The van der Waals surface area contributed by atoms with Crippen LogP contribution in [-0.4, -0.2) is 57.4 Å². The molecule has 0 bridgehead atoms. The number of carbonyl (C=O) groups excluding carboxylic acids is 2. The van der Waals surface area contributed by atoms with Gasteiger partial charge in [-0.25, -0.2) is 14.6 Å². The highest BCUT2D eigenvalue weighted by molar-refractivity contribution is 9.10. The van der Waals surface area contributed by atoms with Crippen molar-refractivity contribution in [2.24, 2.45) is 0 Å². The predicted octanol–water partition coefficient (Wildman–Crippen LogP) is 5.92. The molecule has 0 aromatic carbocycles. The van der Waals surface area contributed by atoms with Gasteiger partial charge in [-0.15, -0.1) is 0 Å². The van der Waals surface area contributed by atoms with E-state index >= 15 is 0 Å². The third kappa shape index (κ3) is 6.77. The standard InChI is InChI=1S/C22H28BrF3N4O5/c1-20(2,3)34-18(31)30-16-13(11-14(22(24,25)26)27-15(16)17(23)28-30)29-9-7-12(8-10-29)33-19(32)35-21(4,5)6/h11-12H,7-10H2,1-6H3. The molecule has 0 atom stereocenters. The summed E-state index contributed by atoms with van der Waals surface area (Å²) in [5, 5.41) is 4.06. The zero-order chi connectivity index (χ0) is 26.3. The second-order valence-corrected chi connectivity index (χ2v) is 10.9. The number of hydrogen-bond donors (Lipinski definition) is 0. The lowest BCUT2D eigenvalue weighted by atomic mass is 10.1. The molecule has 1 aliphatic heterocycles. The van der Waals surface area contributed by atoms with Crippen molar-refractivity contribution < 1.29 is 37.0 Å². The molecule has 0 amide bonds. The van der Waals surface area contributed by atoms with E-state index in [1.54, 1.807) is 46.4 Å². The first-order chi connectivity index (χ1) is 15.9. The highest BCUT2D eigenvalue weighted by Gasteiger charge is 2.37. The Morgan fingerprint density at radius 3 is 2.11 bits per heavy atom. The fourth-order valence-corrected chi connectivity index (χ4v) is 3.95. The van der Waals surface area contributed by atoms with E-state index in [1.165, 1.54) is 0 Å². The van der Waals surface area contributed by atoms with Gasteiger partial charge in [-0.05, 0) is 63.5 Å². The first-order valence-electron chi connectivity index (χ1n) is 11.0. The highest BCUT2D eigenvalue weighted by atomic mass is 79.9. The van der Waals surface area contributed by atoms with Crippen LogP contribution in [0.2, 0.25) is 0 Å². The maximum absolute atomic E-state index is 13.6. The van der Waals surface area contributed by atoms with Gasteiger partial charge in [0.25, 0.3) is 0 Å². The van der Waals surface area contributed by atoms with E-state index in [0.29, 0.717) is 12.8 Å². The van der Waals surface area contributed by atoms with Crippen molar-refractivity contribution in [3.63, 3.8) is 0 Å². The summed E-state index contributed by atoms with van der Waals surface area (Å²) in [6, 6.07) is 0.895. The van der Waals surface area contributed by atoms with E-state index in [2.05, 4.69) is 26.0 Å². The number of rotatable bonds is 2. The monoisotopic (exact) mass is 564 g/mol. The number of piperidine rings is 1. The number of halogens is 4. The maximum atomic E-state index is 13.6. The third-order valence-electron chi connectivity index (χ3n) is 4.86. The Hall–Kier alpha value is -2.57. The summed E-state index contributed by atoms with van der Waals surface area (Å²) in [5.74, 6) is 0. The van der Waals surface area contributed by atoms with Crippen molar-refractivity contribution in [2.75, 3.05) is 18.0 Å². The smallest absolute Gasteiger partial charge is 0.442 e.